The zero-order valence-electron chi connectivity index (χ0n) is 12.8. The minimum absolute atomic E-state index is 0.228. The van der Waals surface area contributed by atoms with Crippen LogP contribution in [0.1, 0.15) is 45.9 Å². The highest BCUT2D eigenvalue weighted by Gasteiger charge is 2.35. The molecule has 7 heteroatoms. The first-order valence-corrected chi connectivity index (χ1v) is 7.37. The van der Waals surface area contributed by atoms with Crippen molar-refractivity contribution in [1.29, 1.82) is 0 Å². The van der Waals surface area contributed by atoms with Crippen molar-refractivity contribution in [3.05, 3.63) is 11.9 Å². The first-order chi connectivity index (χ1) is 9.92. The smallest absolute Gasteiger partial charge is 0.370 e. The van der Waals surface area contributed by atoms with Crippen molar-refractivity contribution in [2.45, 2.75) is 46.2 Å². The molecule has 0 fully saturated rings. The van der Waals surface area contributed by atoms with Crippen LogP contribution in [0.5, 0.6) is 0 Å². The Balaban J connectivity index is 3.15. The SMILES string of the molecule is CCCNc1cc(N(CCC)CCC)nc(C(F)(F)F)n1. The van der Waals surface area contributed by atoms with E-state index in [9.17, 15) is 13.2 Å². The van der Waals surface area contributed by atoms with Crippen molar-refractivity contribution >= 4 is 11.6 Å². The van der Waals surface area contributed by atoms with Gasteiger partial charge in [-0.25, -0.2) is 9.97 Å². The summed E-state index contributed by atoms with van der Waals surface area (Å²) in [6.07, 6.45) is -2.02. The Kier molecular flexibility index (Phi) is 6.71. The van der Waals surface area contributed by atoms with Gasteiger partial charge < -0.3 is 10.2 Å². The third-order valence-electron chi connectivity index (χ3n) is 2.83. The minimum atomic E-state index is -4.54. The molecular formula is C14H23F3N4. The summed E-state index contributed by atoms with van der Waals surface area (Å²) >= 11 is 0. The van der Waals surface area contributed by atoms with E-state index in [0.29, 0.717) is 25.5 Å². The second-order valence-corrected chi connectivity index (χ2v) is 4.85. The van der Waals surface area contributed by atoms with Crippen LogP contribution in [0, 0.1) is 0 Å². The van der Waals surface area contributed by atoms with Gasteiger partial charge in [-0.2, -0.15) is 13.2 Å². The van der Waals surface area contributed by atoms with Crippen LogP contribution in [0.15, 0.2) is 6.07 Å². The number of anilines is 2. The predicted molar refractivity (Wildman–Crippen MR) is 78.6 cm³/mol. The number of hydrogen-bond donors (Lipinski definition) is 1. The van der Waals surface area contributed by atoms with Crippen molar-refractivity contribution in [3.8, 4) is 0 Å². The van der Waals surface area contributed by atoms with Gasteiger partial charge in [0.15, 0.2) is 0 Å². The third-order valence-corrected chi connectivity index (χ3v) is 2.83. The summed E-state index contributed by atoms with van der Waals surface area (Å²) in [6, 6.07) is 1.59. The molecule has 0 saturated carbocycles. The van der Waals surface area contributed by atoms with Gasteiger partial charge in [0.2, 0.25) is 5.82 Å². The maximum Gasteiger partial charge on any atom is 0.451 e. The van der Waals surface area contributed by atoms with E-state index in [-0.39, 0.29) is 5.82 Å². The van der Waals surface area contributed by atoms with Gasteiger partial charge in [-0.15, -0.1) is 0 Å². The standard InChI is InChI=1S/C14H23F3N4/c1-4-7-18-11-10-12(21(8-5-2)9-6-3)20-13(19-11)14(15,16)17/h10H,4-9H2,1-3H3,(H,18,19,20). The largest absolute Gasteiger partial charge is 0.451 e. The van der Waals surface area contributed by atoms with E-state index in [2.05, 4.69) is 15.3 Å². The molecule has 0 unspecified atom stereocenters. The van der Waals surface area contributed by atoms with Crippen LogP contribution >= 0.6 is 0 Å². The Bertz CT molecular complexity index is 429. The molecule has 1 aromatic heterocycles. The Morgan fingerprint density at radius 1 is 1.05 bits per heavy atom. The van der Waals surface area contributed by atoms with Crippen LogP contribution in [0.2, 0.25) is 0 Å². The minimum Gasteiger partial charge on any atom is -0.370 e. The van der Waals surface area contributed by atoms with E-state index in [0.717, 1.165) is 19.3 Å². The van der Waals surface area contributed by atoms with E-state index in [1.807, 2.05) is 25.7 Å². The number of hydrogen-bond acceptors (Lipinski definition) is 4. The van der Waals surface area contributed by atoms with Crippen LogP contribution in [0.4, 0.5) is 24.8 Å². The molecule has 0 aliphatic heterocycles. The highest BCUT2D eigenvalue weighted by atomic mass is 19.4. The average molecular weight is 304 g/mol. The number of alkyl halides is 3. The molecule has 0 radical (unpaired) electrons. The second-order valence-electron chi connectivity index (χ2n) is 4.85. The second kappa shape index (κ2) is 8.05. The Labute approximate surface area is 123 Å². The number of halogens is 3. The lowest BCUT2D eigenvalue weighted by Gasteiger charge is -2.24. The van der Waals surface area contributed by atoms with Crippen LogP contribution in [0.3, 0.4) is 0 Å². The summed E-state index contributed by atoms with van der Waals surface area (Å²) in [4.78, 5) is 9.14. The highest BCUT2D eigenvalue weighted by molar-refractivity contribution is 5.49. The van der Waals surface area contributed by atoms with Crippen molar-refractivity contribution in [1.82, 2.24) is 9.97 Å². The predicted octanol–water partition coefficient (Wildman–Crippen LogP) is 3.94. The summed E-state index contributed by atoms with van der Waals surface area (Å²) in [5.74, 6) is -0.526. The summed E-state index contributed by atoms with van der Waals surface area (Å²) in [6.45, 7) is 7.86. The molecule has 1 rings (SSSR count). The molecule has 0 atom stereocenters. The average Bonchev–Trinajstić information content (AvgIpc) is 2.43. The molecule has 0 bridgehead atoms. The number of aromatic nitrogens is 2. The van der Waals surface area contributed by atoms with Gasteiger partial charge in [0.25, 0.3) is 0 Å². The van der Waals surface area contributed by atoms with E-state index in [1.165, 1.54) is 0 Å². The topological polar surface area (TPSA) is 41.0 Å². The van der Waals surface area contributed by atoms with Gasteiger partial charge in [-0.1, -0.05) is 20.8 Å². The molecule has 0 aliphatic rings. The van der Waals surface area contributed by atoms with E-state index < -0.39 is 12.0 Å². The van der Waals surface area contributed by atoms with Gasteiger partial charge in [0.1, 0.15) is 11.6 Å². The molecule has 0 aromatic carbocycles. The number of nitrogens with one attached hydrogen (secondary N) is 1. The van der Waals surface area contributed by atoms with Crippen LogP contribution in [-0.4, -0.2) is 29.6 Å². The van der Waals surface area contributed by atoms with Gasteiger partial charge in [0.05, 0.1) is 0 Å². The molecular weight excluding hydrogens is 281 g/mol. The molecule has 0 aliphatic carbocycles. The van der Waals surface area contributed by atoms with Gasteiger partial charge in [0, 0.05) is 25.7 Å². The van der Waals surface area contributed by atoms with Crippen LogP contribution < -0.4 is 10.2 Å². The summed E-state index contributed by atoms with van der Waals surface area (Å²) in [5, 5.41) is 2.91. The fourth-order valence-electron chi connectivity index (χ4n) is 1.95. The lowest BCUT2D eigenvalue weighted by atomic mass is 10.3. The van der Waals surface area contributed by atoms with Crippen molar-refractivity contribution in [2.75, 3.05) is 29.9 Å². The van der Waals surface area contributed by atoms with Crippen LogP contribution in [-0.2, 0) is 6.18 Å². The van der Waals surface area contributed by atoms with Crippen molar-refractivity contribution in [2.24, 2.45) is 0 Å². The maximum atomic E-state index is 12.9. The Hall–Kier alpha value is -1.53. The molecule has 0 saturated heterocycles. The Morgan fingerprint density at radius 2 is 1.67 bits per heavy atom. The van der Waals surface area contributed by atoms with Gasteiger partial charge in [-0.3, -0.25) is 0 Å². The molecule has 1 heterocycles. The van der Waals surface area contributed by atoms with Gasteiger partial charge >= 0.3 is 6.18 Å². The Morgan fingerprint density at radius 3 is 2.14 bits per heavy atom. The number of nitrogens with zero attached hydrogens (tertiary/aromatic N) is 3. The summed E-state index contributed by atoms with van der Waals surface area (Å²) in [7, 11) is 0. The first-order valence-electron chi connectivity index (χ1n) is 7.37. The molecule has 1 aromatic rings. The number of rotatable bonds is 8. The van der Waals surface area contributed by atoms with Crippen molar-refractivity contribution < 1.29 is 13.2 Å². The monoisotopic (exact) mass is 304 g/mol. The lowest BCUT2D eigenvalue weighted by molar-refractivity contribution is -0.144. The summed E-state index contributed by atoms with van der Waals surface area (Å²) in [5.41, 5.74) is 0. The molecule has 4 nitrogen and oxygen atoms in total. The quantitative estimate of drug-likeness (QED) is 0.789. The van der Waals surface area contributed by atoms with E-state index >= 15 is 0 Å². The molecule has 1 N–H and O–H groups in total. The van der Waals surface area contributed by atoms with E-state index in [1.54, 1.807) is 6.07 Å². The molecule has 0 spiro atoms. The third kappa shape index (κ3) is 5.40. The fraction of sp³-hybridized carbons (Fsp3) is 0.714. The van der Waals surface area contributed by atoms with Crippen LogP contribution in [0.25, 0.3) is 0 Å². The summed E-state index contributed by atoms with van der Waals surface area (Å²) < 4.78 is 38.8. The first kappa shape index (κ1) is 17.5. The lowest BCUT2D eigenvalue weighted by Crippen LogP contribution is -2.27. The van der Waals surface area contributed by atoms with Gasteiger partial charge in [-0.05, 0) is 19.3 Å². The van der Waals surface area contributed by atoms with E-state index in [4.69, 9.17) is 0 Å². The maximum absolute atomic E-state index is 12.9. The zero-order chi connectivity index (χ0) is 15.9. The zero-order valence-corrected chi connectivity index (χ0v) is 12.8. The molecule has 21 heavy (non-hydrogen) atoms. The van der Waals surface area contributed by atoms with Crippen molar-refractivity contribution in [3.63, 3.8) is 0 Å². The normalized spacial score (nSPS) is 11.5. The molecule has 0 amide bonds. The fourth-order valence-corrected chi connectivity index (χ4v) is 1.95. The highest BCUT2D eigenvalue weighted by Crippen LogP contribution is 2.29. The molecule has 120 valence electrons.